The molecule has 0 aliphatic heterocycles. The molecule has 0 saturated heterocycles. The number of ether oxygens (including phenoxy) is 1. The second kappa shape index (κ2) is 7.71. The van der Waals surface area contributed by atoms with Crippen molar-refractivity contribution in [3.8, 4) is 5.75 Å². The molecule has 3 aromatic rings. The summed E-state index contributed by atoms with van der Waals surface area (Å²) >= 11 is 0. The first-order valence-electron chi connectivity index (χ1n) is 8.29. The van der Waals surface area contributed by atoms with Crippen molar-refractivity contribution >= 4 is 11.6 Å². The van der Waals surface area contributed by atoms with Crippen LogP contribution in [0.25, 0.3) is 0 Å². The molecule has 0 aliphatic carbocycles. The molecular weight excluding hydrogens is 312 g/mol. The largest absolute Gasteiger partial charge is 0.497 e. The lowest BCUT2D eigenvalue weighted by Gasteiger charge is -2.20. The van der Waals surface area contributed by atoms with Crippen molar-refractivity contribution < 1.29 is 9.53 Å². The Morgan fingerprint density at radius 3 is 2.56 bits per heavy atom. The van der Waals surface area contributed by atoms with Crippen LogP contribution in [0.4, 0.5) is 5.69 Å². The number of aryl methyl sites for hydroxylation is 1. The molecule has 1 heterocycles. The van der Waals surface area contributed by atoms with E-state index in [0.29, 0.717) is 6.42 Å². The summed E-state index contributed by atoms with van der Waals surface area (Å²) in [4.78, 5) is 12.6. The highest BCUT2D eigenvalue weighted by Gasteiger charge is 2.18. The van der Waals surface area contributed by atoms with Gasteiger partial charge in [-0.1, -0.05) is 30.3 Å². The molecule has 128 valence electrons. The molecule has 0 aliphatic rings. The summed E-state index contributed by atoms with van der Waals surface area (Å²) in [6.07, 6.45) is 4.30. The van der Waals surface area contributed by atoms with Gasteiger partial charge in [0, 0.05) is 18.1 Å². The molecule has 0 fully saturated rings. The normalized spacial score (nSPS) is 11.8. The number of hydrogen-bond acceptors (Lipinski definition) is 2. The maximum absolute atomic E-state index is 12.6. The van der Waals surface area contributed by atoms with Crippen LogP contribution < -0.4 is 10.1 Å². The van der Waals surface area contributed by atoms with Crippen molar-refractivity contribution in [3.63, 3.8) is 0 Å². The van der Waals surface area contributed by atoms with Crippen LogP contribution in [0.2, 0.25) is 0 Å². The number of carbonyl (C=O) groups is 1. The van der Waals surface area contributed by atoms with Gasteiger partial charge in [0.1, 0.15) is 5.75 Å². The highest BCUT2D eigenvalue weighted by atomic mass is 16.5. The lowest BCUT2D eigenvalue weighted by Crippen LogP contribution is -2.20. The second-order valence-corrected chi connectivity index (χ2v) is 5.99. The van der Waals surface area contributed by atoms with Crippen LogP contribution >= 0.6 is 0 Å². The van der Waals surface area contributed by atoms with E-state index in [-0.39, 0.29) is 11.9 Å². The molecule has 4 nitrogen and oxygen atoms in total. The van der Waals surface area contributed by atoms with E-state index in [9.17, 15) is 4.79 Å². The Bertz CT molecular complexity index is 841. The molecule has 2 aromatic carbocycles. The molecule has 1 unspecified atom stereocenters. The molecule has 25 heavy (non-hydrogen) atoms. The molecule has 0 bridgehead atoms. The zero-order valence-electron chi connectivity index (χ0n) is 14.5. The van der Waals surface area contributed by atoms with Crippen LogP contribution in [0.1, 0.15) is 23.6 Å². The molecule has 4 heteroatoms. The van der Waals surface area contributed by atoms with Gasteiger partial charge in [-0.25, -0.2) is 0 Å². The summed E-state index contributed by atoms with van der Waals surface area (Å²) in [6, 6.07) is 19.5. The predicted octanol–water partition coefficient (Wildman–Crippen LogP) is 4.42. The fourth-order valence-corrected chi connectivity index (χ4v) is 2.89. The van der Waals surface area contributed by atoms with E-state index in [4.69, 9.17) is 4.74 Å². The molecule has 1 aromatic heterocycles. The SMILES string of the molecule is COc1cccc(C(CC(=O)Nc2ccccc2C)n2cccc2)c1. The van der Waals surface area contributed by atoms with E-state index in [1.54, 1.807) is 7.11 Å². The van der Waals surface area contributed by atoms with E-state index >= 15 is 0 Å². The standard InChI is InChI=1S/C21H22N2O2/c1-16-8-3-4-11-19(16)22-21(24)15-20(23-12-5-6-13-23)17-9-7-10-18(14-17)25-2/h3-14,20H,15H2,1-2H3,(H,22,24). The molecule has 0 radical (unpaired) electrons. The van der Waals surface area contributed by atoms with Gasteiger partial charge >= 0.3 is 0 Å². The third-order valence-electron chi connectivity index (χ3n) is 4.26. The smallest absolute Gasteiger partial charge is 0.226 e. The van der Waals surface area contributed by atoms with Gasteiger partial charge in [-0.05, 0) is 48.4 Å². The Labute approximate surface area is 148 Å². The summed E-state index contributed by atoms with van der Waals surface area (Å²) in [6.45, 7) is 1.99. The first-order valence-corrected chi connectivity index (χ1v) is 8.29. The van der Waals surface area contributed by atoms with Gasteiger partial charge < -0.3 is 14.6 Å². The Balaban J connectivity index is 1.83. The van der Waals surface area contributed by atoms with Gasteiger partial charge in [0.25, 0.3) is 0 Å². The topological polar surface area (TPSA) is 43.3 Å². The van der Waals surface area contributed by atoms with Crippen molar-refractivity contribution in [3.05, 3.63) is 84.2 Å². The van der Waals surface area contributed by atoms with Crippen LogP contribution in [0, 0.1) is 6.92 Å². The van der Waals surface area contributed by atoms with Gasteiger partial charge in [0.15, 0.2) is 0 Å². The van der Waals surface area contributed by atoms with Crippen LogP contribution in [-0.2, 0) is 4.79 Å². The molecular formula is C21H22N2O2. The first kappa shape index (κ1) is 16.8. The quantitative estimate of drug-likeness (QED) is 0.725. The molecule has 1 amide bonds. The molecule has 3 rings (SSSR count). The Hall–Kier alpha value is -3.01. The summed E-state index contributed by atoms with van der Waals surface area (Å²) in [5.41, 5.74) is 2.94. The average molecular weight is 334 g/mol. The number of para-hydroxylation sites is 1. The zero-order valence-corrected chi connectivity index (χ0v) is 14.5. The number of nitrogens with one attached hydrogen (secondary N) is 1. The van der Waals surface area contributed by atoms with Gasteiger partial charge in [-0.2, -0.15) is 0 Å². The lowest BCUT2D eigenvalue weighted by atomic mass is 10.0. The first-order chi connectivity index (χ1) is 12.2. The summed E-state index contributed by atoms with van der Waals surface area (Å²) < 4.78 is 7.38. The van der Waals surface area contributed by atoms with E-state index in [2.05, 4.69) is 5.32 Å². The summed E-state index contributed by atoms with van der Waals surface area (Å²) in [7, 11) is 1.65. The van der Waals surface area contributed by atoms with Gasteiger partial charge in [-0.3, -0.25) is 4.79 Å². The maximum Gasteiger partial charge on any atom is 0.226 e. The minimum atomic E-state index is -0.0888. The minimum absolute atomic E-state index is 0.0178. The number of amides is 1. The lowest BCUT2D eigenvalue weighted by molar-refractivity contribution is -0.116. The number of hydrogen-bond donors (Lipinski definition) is 1. The fourth-order valence-electron chi connectivity index (χ4n) is 2.89. The van der Waals surface area contributed by atoms with Crippen molar-refractivity contribution in [2.24, 2.45) is 0 Å². The number of aromatic nitrogens is 1. The molecule has 0 saturated carbocycles. The van der Waals surface area contributed by atoms with Crippen LogP contribution in [0.3, 0.4) is 0 Å². The van der Waals surface area contributed by atoms with Crippen molar-refractivity contribution in [1.82, 2.24) is 4.57 Å². The van der Waals surface area contributed by atoms with E-state index < -0.39 is 0 Å². The minimum Gasteiger partial charge on any atom is -0.497 e. The van der Waals surface area contributed by atoms with Gasteiger partial charge in [0.05, 0.1) is 19.6 Å². The fraction of sp³-hybridized carbons (Fsp3) is 0.190. The van der Waals surface area contributed by atoms with Gasteiger partial charge in [0.2, 0.25) is 5.91 Å². The van der Waals surface area contributed by atoms with Crippen LogP contribution in [0.5, 0.6) is 5.75 Å². The number of carbonyl (C=O) groups excluding carboxylic acids is 1. The number of nitrogens with zero attached hydrogens (tertiary/aromatic N) is 1. The number of rotatable bonds is 6. The highest BCUT2D eigenvalue weighted by Crippen LogP contribution is 2.26. The monoisotopic (exact) mass is 334 g/mol. The maximum atomic E-state index is 12.6. The summed E-state index contributed by atoms with van der Waals surface area (Å²) in [5, 5.41) is 3.02. The van der Waals surface area contributed by atoms with E-state index in [1.165, 1.54) is 0 Å². The second-order valence-electron chi connectivity index (χ2n) is 5.99. The van der Waals surface area contributed by atoms with Crippen LogP contribution in [-0.4, -0.2) is 17.6 Å². The third-order valence-corrected chi connectivity index (χ3v) is 4.26. The van der Waals surface area contributed by atoms with Gasteiger partial charge in [-0.15, -0.1) is 0 Å². The highest BCUT2D eigenvalue weighted by molar-refractivity contribution is 5.92. The Morgan fingerprint density at radius 2 is 1.84 bits per heavy atom. The van der Waals surface area contributed by atoms with E-state index in [0.717, 1.165) is 22.6 Å². The zero-order chi connectivity index (χ0) is 17.6. The number of methoxy groups -OCH3 is 1. The third kappa shape index (κ3) is 4.10. The van der Waals surface area contributed by atoms with Crippen molar-refractivity contribution in [1.29, 1.82) is 0 Å². The molecule has 0 spiro atoms. The Morgan fingerprint density at radius 1 is 1.08 bits per heavy atom. The summed E-state index contributed by atoms with van der Waals surface area (Å²) in [5.74, 6) is 0.768. The predicted molar refractivity (Wildman–Crippen MR) is 100.0 cm³/mol. The molecule has 1 atom stereocenters. The van der Waals surface area contributed by atoms with Crippen molar-refractivity contribution in [2.45, 2.75) is 19.4 Å². The number of benzene rings is 2. The Kier molecular flexibility index (Phi) is 5.19. The number of anilines is 1. The van der Waals surface area contributed by atoms with Crippen molar-refractivity contribution in [2.75, 3.05) is 12.4 Å². The van der Waals surface area contributed by atoms with E-state index in [1.807, 2.05) is 84.5 Å². The van der Waals surface area contributed by atoms with Crippen LogP contribution in [0.15, 0.2) is 73.1 Å². The molecule has 1 N–H and O–H groups in total. The average Bonchev–Trinajstić information content (AvgIpc) is 3.16.